The number of carbonyl (C=O) groups excluding carboxylic acids is 1. The smallest absolute Gasteiger partial charge is 0.407 e. The normalized spacial score (nSPS) is 16.1. The molecular weight excluding hydrogens is 1390 g/mol. The topological polar surface area (TPSA) is 216 Å². The van der Waals surface area contributed by atoms with E-state index in [9.17, 15) is 9.90 Å². The van der Waals surface area contributed by atoms with Gasteiger partial charge < -0.3 is 76.7 Å². The molecule has 0 spiro atoms. The van der Waals surface area contributed by atoms with Crippen molar-refractivity contribution in [2.75, 3.05) is 92.4 Å². The van der Waals surface area contributed by atoms with Gasteiger partial charge in [-0.2, -0.15) is 5.26 Å². The highest BCUT2D eigenvalue weighted by Crippen LogP contribution is 2.41. The summed E-state index contributed by atoms with van der Waals surface area (Å²) in [5.74, 6) is 6.81. The molecule has 4 fully saturated rings. The van der Waals surface area contributed by atoms with E-state index in [1.165, 1.54) is 0 Å². The first-order valence-electron chi connectivity index (χ1n) is 38.8. The van der Waals surface area contributed by atoms with E-state index < -0.39 is 18.3 Å². The van der Waals surface area contributed by atoms with Crippen LogP contribution in [0.2, 0.25) is 0 Å². The molecule has 4 heterocycles. The summed E-state index contributed by atoms with van der Waals surface area (Å²) in [6.07, 6.45) is 4.45. The molecule has 0 aromatic heterocycles. The van der Waals surface area contributed by atoms with Crippen LogP contribution in [-0.4, -0.2) is 140 Å². The van der Waals surface area contributed by atoms with Crippen LogP contribution in [0, 0.1) is 122 Å². The van der Waals surface area contributed by atoms with Crippen LogP contribution in [0.3, 0.4) is 0 Å². The van der Waals surface area contributed by atoms with E-state index in [2.05, 4.69) is 176 Å². The van der Waals surface area contributed by atoms with Gasteiger partial charge in [-0.3, -0.25) is 0 Å². The Bertz CT molecular complexity index is 4090. The fraction of sp³-hybridized carbons (Fsp3) is 0.457. The van der Waals surface area contributed by atoms with Gasteiger partial charge in [0.1, 0.15) is 136 Å². The number of benzene rings is 8. The summed E-state index contributed by atoms with van der Waals surface area (Å²) in [5.41, 5.74) is 25.8. The van der Waals surface area contributed by atoms with Crippen molar-refractivity contribution in [2.24, 2.45) is 0 Å². The molecule has 4 atom stereocenters. The Hall–Kier alpha value is -9.48. The first kappa shape index (κ1) is 83.0. The minimum Gasteiger partial charge on any atom is -0.490 e. The maximum atomic E-state index is 12.9. The molecule has 2 N–H and O–H groups in total. The number of nitrogens with one attached hydrogen (secondary N) is 1. The van der Waals surface area contributed by atoms with Gasteiger partial charge in [-0.15, -0.1) is 0 Å². The van der Waals surface area contributed by atoms with Crippen LogP contribution < -0.4 is 43.2 Å². The number of amides is 1. The average molecular weight is 1500 g/mol. The lowest BCUT2D eigenvalue weighted by Crippen LogP contribution is -2.36. The number of nitrogens with zero attached hydrogens (tertiary/aromatic N) is 1. The Morgan fingerprint density at radius 3 is 0.782 bits per heavy atom. The van der Waals surface area contributed by atoms with Crippen LogP contribution in [0.15, 0.2) is 97.1 Å². The van der Waals surface area contributed by atoms with Crippen LogP contribution >= 0.6 is 0 Å². The maximum Gasteiger partial charge on any atom is 0.407 e. The molecule has 588 valence electrons. The molecule has 18 heteroatoms. The Kier molecular flexibility index (Phi) is 29.4. The molecule has 8 aromatic rings. The fourth-order valence-electron chi connectivity index (χ4n) is 13.8. The molecule has 0 bridgehead atoms. The molecule has 8 aromatic carbocycles. The summed E-state index contributed by atoms with van der Waals surface area (Å²) in [6.45, 7) is 44.3. The lowest BCUT2D eigenvalue weighted by Gasteiger charge is -2.23. The van der Waals surface area contributed by atoms with Crippen LogP contribution in [0.25, 0.3) is 44.5 Å². The maximum absolute atomic E-state index is 12.9. The zero-order valence-corrected chi connectivity index (χ0v) is 67.9. The van der Waals surface area contributed by atoms with Crippen molar-refractivity contribution >= 4 is 6.09 Å². The number of carbonyl (C=O) groups is 1. The first-order valence-corrected chi connectivity index (χ1v) is 38.8. The van der Waals surface area contributed by atoms with Crippen molar-refractivity contribution in [3.05, 3.63) is 186 Å². The van der Waals surface area contributed by atoms with E-state index in [0.717, 1.165) is 232 Å². The number of ether oxygens (including phenoxy) is 14. The summed E-state index contributed by atoms with van der Waals surface area (Å²) >= 11 is 0. The van der Waals surface area contributed by atoms with E-state index in [0.29, 0.717) is 39.6 Å². The number of epoxide rings is 4. The van der Waals surface area contributed by atoms with Gasteiger partial charge in [-0.1, -0.05) is 26.7 Å². The van der Waals surface area contributed by atoms with Gasteiger partial charge in [0.25, 0.3) is 6.26 Å². The van der Waals surface area contributed by atoms with E-state index >= 15 is 0 Å². The molecule has 0 radical (unpaired) electrons. The lowest BCUT2D eigenvalue weighted by atomic mass is 9.96. The summed E-state index contributed by atoms with van der Waals surface area (Å²) in [4.78, 5) is 12.9. The molecule has 4 aliphatic heterocycles. The molecule has 4 unspecified atom stereocenters. The van der Waals surface area contributed by atoms with Crippen molar-refractivity contribution in [3.63, 3.8) is 0 Å². The predicted octanol–water partition coefficient (Wildman–Crippen LogP) is 18.5. The van der Waals surface area contributed by atoms with Gasteiger partial charge in [0.2, 0.25) is 0 Å². The molecule has 12 rings (SSSR count). The summed E-state index contributed by atoms with van der Waals surface area (Å²) < 4.78 is 80.9. The third kappa shape index (κ3) is 23.5. The quantitative estimate of drug-likeness (QED) is 0.0214. The van der Waals surface area contributed by atoms with Crippen LogP contribution in [0.4, 0.5) is 4.79 Å². The molecule has 0 saturated carbocycles. The molecule has 18 nitrogen and oxygen atoms in total. The number of aliphatic hydroxyl groups is 1. The van der Waals surface area contributed by atoms with Gasteiger partial charge in [-0.05, 0) is 354 Å². The van der Waals surface area contributed by atoms with Gasteiger partial charge in [0, 0.05) is 6.54 Å². The van der Waals surface area contributed by atoms with Gasteiger partial charge in [-0.25, -0.2) is 4.79 Å². The summed E-state index contributed by atoms with van der Waals surface area (Å²) in [6, 6.07) is 34.4. The SMILES string of the molecule is CCCCNC(=O)OC(COc1c(C)cc(-c2cc(C)c(OCC3CO3)c(C)c2)cc1C)COc1c(C)cc(-c2cc(C)c(OCC3CO3)c(C)c2)cc1C.CCCCOC#N.Cc1cc(-c2cc(C)c(OCC3CO3)c(C)c2)cc(C)c1OCC(O)COc1c(C)cc(-c2cc(C)c(OCC3CO3)c(C)c2)cc1C. The third-order valence-corrected chi connectivity index (χ3v) is 19.7. The number of aryl methyl sites for hydroxylation is 16. The largest absolute Gasteiger partial charge is 0.490 e. The highest BCUT2D eigenvalue weighted by atomic mass is 16.6. The molecule has 110 heavy (non-hydrogen) atoms. The second kappa shape index (κ2) is 38.9. The van der Waals surface area contributed by atoms with Crippen LogP contribution in [0.1, 0.15) is 129 Å². The Morgan fingerprint density at radius 1 is 0.373 bits per heavy atom. The first-order chi connectivity index (χ1) is 52.8. The standard InChI is InChI=1S/C46H57NO8.C41H48O7.C5H9NO/c1-10-11-12-47-46(48)55-41(25-53-44-31(6)17-37(18-32(44)7)35-13-27(2)42(28(3)14-35)51-23-39-21-49-39)26-54-45-33(8)19-38(20-34(45)9)36-15-29(4)43(30(5)16-36)52-24-40-22-50-40;1-23-9-31(33-13-27(5)40(28(6)14-33)47-21-36-19-43-36)10-24(2)38(23)45-17-35(42)18-46-39-25(3)11-32(12-26(39)4)34-15-29(7)41(30(8)16-34)48-22-37-20-44-37;1-2-3-4-7-5-6/h13-20,39-41H,10-12,21-26H2,1-9H3,(H,47,48);9-16,35-37,42H,17-22H2,1-8H3;2-4H2,1H3. The van der Waals surface area contributed by atoms with E-state index in [1.807, 2.05) is 55.4 Å². The third-order valence-electron chi connectivity index (χ3n) is 19.7. The number of hydrogen-bond acceptors (Lipinski definition) is 17. The van der Waals surface area contributed by atoms with E-state index in [-0.39, 0.29) is 50.8 Å². The second-order valence-corrected chi connectivity index (χ2v) is 30.1. The second-order valence-electron chi connectivity index (χ2n) is 30.1. The zero-order valence-electron chi connectivity index (χ0n) is 67.9. The molecule has 4 saturated heterocycles. The van der Waals surface area contributed by atoms with Crippen molar-refractivity contribution < 1.29 is 76.2 Å². The fourth-order valence-corrected chi connectivity index (χ4v) is 13.8. The van der Waals surface area contributed by atoms with Gasteiger partial charge >= 0.3 is 6.09 Å². The predicted molar refractivity (Wildman–Crippen MR) is 432 cm³/mol. The number of aliphatic hydroxyl groups excluding tert-OH is 1. The van der Waals surface area contributed by atoms with Crippen molar-refractivity contribution in [1.82, 2.24) is 5.32 Å². The Balaban J connectivity index is 0.000000217. The van der Waals surface area contributed by atoms with Crippen molar-refractivity contribution in [2.45, 2.75) is 187 Å². The van der Waals surface area contributed by atoms with Crippen LogP contribution in [0.5, 0.6) is 46.0 Å². The van der Waals surface area contributed by atoms with Gasteiger partial charge in [0.05, 0.1) is 26.4 Å². The van der Waals surface area contributed by atoms with Crippen molar-refractivity contribution in [3.8, 4) is 96.8 Å². The average Bonchev–Trinajstić information content (AvgIpc) is 1.73. The summed E-state index contributed by atoms with van der Waals surface area (Å²) in [7, 11) is 0. The number of hydrogen-bond donors (Lipinski definition) is 2. The highest BCUT2D eigenvalue weighted by molar-refractivity contribution is 5.74. The molecule has 4 aliphatic rings. The minimum absolute atomic E-state index is 0.131. The Labute approximate surface area is 651 Å². The monoisotopic (exact) mass is 1500 g/mol. The van der Waals surface area contributed by atoms with Gasteiger partial charge in [0.15, 0.2) is 6.10 Å². The number of nitriles is 1. The van der Waals surface area contributed by atoms with E-state index in [1.54, 1.807) is 6.26 Å². The lowest BCUT2D eigenvalue weighted by molar-refractivity contribution is 0.0350. The minimum atomic E-state index is -0.792. The highest BCUT2D eigenvalue weighted by Gasteiger charge is 2.29. The van der Waals surface area contributed by atoms with Crippen molar-refractivity contribution in [1.29, 1.82) is 5.26 Å². The van der Waals surface area contributed by atoms with Crippen LogP contribution in [-0.2, 0) is 28.4 Å². The number of rotatable bonds is 35. The zero-order chi connectivity index (χ0) is 78.9. The Morgan fingerprint density at radius 2 is 0.582 bits per heavy atom. The molecular formula is C92H114N2O16. The molecule has 0 aliphatic carbocycles. The molecule has 1 amide bonds. The summed E-state index contributed by atoms with van der Waals surface area (Å²) in [5, 5.41) is 21.5. The van der Waals surface area contributed by atoms with E-state index in [4.69, 9.17) is 66.8 Å². The number of alkyl carbamates (subject to hydrolysis) is 1. The number of unbranched alkanes of at least 4 members (excludes halogenated alkanes) is 2.